The Bertz CT molecular complexity index is 2150. The molecule has 1 aromatic heterocycles. The van der Waals surface area contributed by atoms with E-state index in [0.29, 0.717) is 27.7 Å². The van der Waals surface area contributed by atoms with Crippen molar-refractivity contribution in [2.45, 2.75) is 10.1 Å². The van der Waals surface area contributed by atoms with Crippen molar-refractivity contribution in [1.29, 1.82) is 0 Å². The third-order valence-corrected chi connectivity index (χ3v) is 9.70. The lowest BCUT2D eigenvalue weighted by molar-refractivity contribution is -0.116. The number of fused-ring (bicyclic) bond motifs is 1. The molecule has 0 spiro atoms. The molecule has 0 bridgehead atoms. The number of anilines is 2. The summed E-state index contributed by atoms with van der Waals surface area (Å²) in [6, 6.07) is 38.1. The first kappa shape index (κ1) is 34.0. The van der Waals surface area contributed by atoms with Crippen molar-refractivity contribution in [3.05, 3.63) is 150 Å². The number of benzene rings is 5. The van der Waals surface area contributed by atoms with Crippen LogP contribution in [0.3, 0.4) is 0 Å². The zero-order chi connectivity index (χ0) is 34.9. The van der Waals surface area contributed by atoms with Gasteiger partial charge in [0.2, 0.25) is 5.91 Å². The van der Waals surface area contributed by atoms with Gasteiger partial charge in [0.25, 0.3) is 11.8 Å². The predicted octanol–water partition coefficient (Wildman–Crippen LogP) is 8.20. The fourth-order valence-electron chi connectivity index (χ4n) is 4.99. The average molecular weight is 701 g/mol. The van der Waals surface area contributed by atoms with Crippen molar-refractivity contribution in [1.82, 2.24) is 10.3 Å². The summed E-state index contributed by atoms with van der Waals surface area (Å²) in [7, 11) is 3.15. The number of hydrogen-bond acceptors (Lipinski definition) is 8. The summed E-state index contributed by atoms with van der Waals surface area (Å²) in [5.41, 5.74) is 3.17. The normalized spacial score (nSPS) is 11.8. The molecule has 6 aromatic rings. The minimum Gasteiger partial charge on any atom is -0.497 e. The maximum atomic E-state index is 13.7. The number of thiazole rings is 1. The van der Waals surface area contributed by atoms with Crippen molar-refractivity contribution in [2.75, 3.05) is 24.9 Å². The first-order chi connectivity index (χ1) is 24.4. The van der Waals surface area contributed by atoms with Gasteiger partial charge in [0.1, 0.15) is 22.4 Å². The van der Waals surface area contributed by atoms with E-state index in [1.807, 2.05) is 78.9 Å². The number of thioether (sulfide) groups is 1. The number of nitrogens with one attached hydrogen (secondary N) is 3. The van der Waals surface area contributed by atoms with Gasteiger partial charge < -0.3 is 25.4 Å². The second kappa shape index (κ2) is 16.0. The van der Waals surface area contributed by atoms with Gasteiger partial charge >= 0.3 is 0 Å². The van der Waals surface area contributed by atoms with E-state index in [0.717, 1.165) is 26.4 Å². The second-order valence-corrected chi connectivity index (χ2v) is 13.1. The molecular formula is C39H32N4O5S2. The van der Waals surface area contributed by atoms with E-state index in [2.05, 4.69) is 20.9 Å². The lowest BCUT2D eigenvalue weighted by Crippen LogP contribution is -2.30. The Morgan fingerprint density at radius 2 is 1.48 bits per heavy atom. The molecule has 0 fully saturated rings. The summed E-state index contributed by atoms with van der Waals surface area (Å²) >= 11 is 2.76. The van der Waals surface area contributed by atoms with Crippen LogP contribution < -0.4 is 25.4 Å². The van der Waals surface area contributed by atoms with Gasteiger partial charge in [0.05, 0.1) is 24.4 Å². The van der Waals surface area contributed by atoms with Crippen LogP contribution in [-0.4, -0.2) is 36.9 Å². The molecule has 250 valence electrons. The SMILES string of the molecule is COc1ccc2nc(NC(=O)C(Sc3ccc(NC(=O)/C(=C/c4ccccc4OC)NC(=O)c4ccccc4)cc3)c3ccccc3)sc2c1. The first-order valence-corrected chi connectivity index (χ1v) is 17.2. The fourth-order valence-corrected chi connectivity index (χ4v) is 6.91. The molecule has 3 N–H and O–H groups in total. The molecule has 0 aliphatic heterocycles. The molecule has 1 unspecified atom stereocenters. The van der Waals surface area contributed by atoms with Crippen LogP contribution >= 0.6 is 23.1 Å². The molecule has 0 saturated carbocycles. The van der Waals surface area contributed by atoms with E-state index in [4.69, 9.17) is 9.47 Å². The maximum absolute atomic E-state index is 13.7. The minimum atomic E-state index is -0.582. The van der Waals surface area contributed by atoms with Crippen LogP contribution in [0.25, 0.3) is 16.3 Å². The molecule has 0 aliphatic carbocycles. The van der Waals surface area contributed by atoms with Crippen LogP contribution in [0.1, 0.15) is 26.7 Å². The van der Waals surface area contributed by atoms with Crippen LogP contribution in [-0.2, 0) is 9.59 Å². The van der Waals surface area contributed by atoms with E-state index in [1.165, 1.54) is 23.1 Å². The Morgan fingerprint density at radius 1 is 0.780 bits per heavy atom. The number of carbonyl (C=O) groups is 3. The summed E-state index contributed by atoms with van der Waals surface area (Å²) in [4.78, 5) is 45.7. The highest BCUT2D eigenvalue weighted by Crippen LogP contribution is 2.38. The molecule has 0 radical (unpaired) electrons. The number of ether oxygens (including phenoxy) is 2. The van der Waals surface area contributed by atoms with Crippen LogP contribution in [0.2, 0.25) is 0 Å². The smallest absolute Gasteiger partial charge is 0.272 e. The molecule has 3 amide bonds. The van der Waals surface area contributed by atoms with Crippen molar-refractivity contribution in [3.63, 3.8) is 0 Å². The number of para-hydroxylation sites is 1. The number of amides is 3. The average Bonchev–Trinajstić information content (AvgIpc) is 3.56. The van der Waals surface area contributed by atoms with E-state index in [1.54, 1.807) is 68.8 Å². The topological polar surface area (TPSA) is 119 Å². The van der Waals surface area contributed by atoms with E-state index in [9.17, 15) is 14.4 Å². The number of carbonyl (C=O) groups excluding carboxylic acids is 3. The van der Waals surface area contributed by atoms with Crippen molar-refractivity contribution in [3.8, 4) is 11.5 Å². The molecule has 50 heavy (non-hydrogen) atoms. The third-order valence-electron chi connectivity index (χ3n) is 7.50. The quantitative estimate of drug-likeness (QED) is 0.0870. The Labute approximate surface area is 297 Å². The summed E-state index contributed by atoms with van der Waals surface area (Å²) in [5, 5.41) is 8.53. The van der Waals surface area contributed by atoms with Gasteiger partial charge in [-0.15, -0.1) is 11.8 Å². The Morgan fingerprint density at radius 3 is 2.20 bits per heavy atom. The minimum absolute atomic E-state index is 0.0379. The summed E-state index contributed by atoms with van der Waals surface area (Å²) in [5.74, 6) is 0.107. The molecule has 1 atom stereocenters. The van der Waals surface area contributed by atoms with E-state index >= 15 is 0 Å². The molecule has 9 nitrogen and oxygen atoms in total. The number of rotatable bonds is 12. The molecule has 0 aliphatic rings. The zero-order valence-electron chi connectivity index (χ0n) is 27.1. The van der Waals surface area contributed by atoms with Gasteiger partial charge in [0, 0.05) is 21.7 Å². The van der Waals surface area contributed by atoms with Crippen LogP contribution in [0.4, 0.5) is 10.8 Å². The monoisotopic (exact) mass is 700 g/mol. The van der Waals surface area contributed by atoms with Gasteiger partial charge in [-0.1, -0.05) is 78.1 Å². The lowest BCUT2D eigenvalue weighted by atomic mass is 10.1. The lowest BCUT2D eigenvalue weighted by Gasteiger charge is -2.17. The van der Waals surface area contributed by atoms with Gasteiger partial charge in [-0.05, 0) is 72.3 Å². The van der Waals surface area contributed by atoms with Crippen molar-refractivity contribution in [2.24, 2.45) is 0 Å². The highest BCUT2D eigenvalue weighted by Gasteiger charge is 2.24. The molecule has 1 heterocycles. The number of aromatic nitrogens is 1. The number of methoxy groups -OCH3 is 2. The first-order valence-electron chi connectivity index (χ1n) is 15.5. The Balaban J connectivity index is 1.19. The standard InChI is InChI=1S/C39H32N4O5S2/c1-47-29-19-22-31-34(24-29)50-39(42-31)43-38(46)35(25-11-5-3-6-12-25)49-30-20-17-28(18-21-30)40-37(45)32(23-27-15-9-10-16-33(27)48-2)41-36(44)26-13-7-4-8-14-26/h3-24,35H,1-2H3,(H,40,45)(H,41,44)(H,42,43,46)/b32-23-. The molecular weight excluding hydrogens is 669 g/mol. The maximum Gasteiger partial charge on any atom is 0.272 e. The highest BCUT2D eigenvalue weighted by atomic mass is 32.2. The largest absolute Gasteiger partial charge is 0.497 e. The van der Waals surface area contributed by atoms with Crippen LogP contribution in [0.15, 0.2) is 138 Å². The zero-order valence-corrected chi connectivity index (χ0v) is 28.7. The van der Waals surface area contributed by atoms with Gasteiger partial charge in [0.15, 0.2) is 5.13 Å². The predicted molar refractivity (Wildman–Crippen MR) is 200 cm³/mol. The van der Waals surface area contributed by atoms with E-state index in [-0.39, 0.29) is 11.6 Å². The summed E-state index contributed by atoms with van der Waals surface area (Å²) < 4.78 is 11.7. The fraction of sp³-hybridized carbons (Fsp3) is 0.0769. The Hall–Kier alpha value is -5.91. The summed E-state index contributed by atoms with van der Waals surface area (Å²) in [6.45, 7) is 0. The molecule has 0 saturated heterocycles. The highest BCUT2D eigenvalue weighted by molar-refractivity contribution is 8.00. The molecule has 11 heteroatoms. The number of hydrogen-bond donors (Lipinski definition) is 3. The molecule has 6 rings (SSSR count). The van der Waals surface area contributed by atoms with E-state index < -0.39 is 17.1 Å². The van der Waals surface area contributed by atoms with Gasteiger partial charge in [-0.2, -0.15) is 0 Å². The second-order valence-electron chi connectivity index (χ2n) is 10.8. The van der Waals surface area contributed by atoms with Crippen molar-refractivity contribution >= 4 is 67.9 Å². The summed E-state index contributed by atoms with van der Waals surface area (Å²) in [6.07, 6.45) is 1.57. The van der Waals surface area contributed by atoms with Gasteiger partial charge in [-0.25, -0.2) is 4.98 Å². The van der Waals surface area contributed by atoms with Crippen LogP contribution in [0.5, 0.6) is 11.5 Å². The molecule has 5 aromatic carbocycles. The van der Waals surface area contributed by atoms with Crippen molar-refractivity contribution < 1.29 is 23.9 Å². The third kappa shape index (κ3) is 8.38. The van der Waals surface area contributed by atoms with Gasteiger partial charge in [-0.3, -0.25) is 14.4 Å². The Kier molecular flexibility index (Phi) is 10.9. The van der Waals surface area contributed by atoms with Crippen LogP contribution in [0, 0.1) is 0 Å². The number of nitrogens with zero attached hydrogens (tertiary/aromatic N) is 1.